The molecule has 0 bridgehead atoms. The first-order chi connectivity index (χ1) is 13.9. The lowest BCUT2D eigenvalue weighted by Gasteiger charge is -2.18. The maximum Gasteiger partial charge on any atom is 0.260 e. The summed E-state index contributed by atoms with van der Waals surface area (Å²) in [6.45, 7) is 2.72. The average molecular weight is 421 g/mol. The van der Waals surface area contributed by atoms with Gasteiger partial charge in [0, 0.05) is 20.1 Å². The number of rotatable bonds is 11. The van der Waals surface area contributed by atoms with E-state index < -0.39 is 10.0 Å². The van der Waals surface area contributed by atoms with Crippen molar-refractivity contribution in [2.75, 3.05) is 27.3 Å². The van der Waals surface area contributed by atoms with Gasteiger partial charge in [0.1, 0.15) is 11.5 Å². The topological polar surface area (TPSA) is 84.9 Å². The molecule has 0 aromatic heterocycles. The van der Waals surface area contributed by atoms with Crippen molar-refractivity contribution in [2.45, 2.75) is 31.2 Å². The maximum atomic E-state index is 12.3. The predicted molar refractivity (Wildman–Crippen MR) is 112 cm³/mol. The minimum Gasteiger partial charge on any atom is -0.497 e. The first-order valence-electron chi connectivity index (χ1n) is 9.45. The highest BCUT2D eigenvalue weighted by Crippen LogP contribution is 2.16. The lowest BCUT2D eigenvalue weighted by Crippen LogP contribution is -2.30. The molecule has 0 spiro atoms. The zero-order valence-electron chi connectivity index (χ0n) is 17.1. The lowest BCUT2D eigenvalue weighted by molar-refractivity contribution is -0.132. The number of hydrogen-bond acceptors (Lipinski definition) is 5. The third-order valence-corrected chi connectivity index (χ3v) is 5.80. The fourth-order valence-electron chi connectivity index (χ4n) is 2.53. The number of amides is 1. The number of carbonyl (C=O) groups is 1. The molecular formula is C21H28N2O5S. The number of likely N-dealkylation sites (N-methyl/N-ethyl adjacent to an activating group) is 1. The van der Waals surface area contributed by atoms with Crippen molar-refractivity contribution in [3.05, 3.63) is 54.1 Å². The molecule has 1 amide bonds. The van der Waals surface area contributed by atoms with E-state index in [1.807, 2.05) is 31.2 Å². The van der Waals surface area contributed by atoms with Crippen LogP contribution in [0.5, 0.6) is 11.5 Å². The van der Waals surface area contributed by atoms with E-state index in [2.05, 4.69) is 4.72 Å². The van der Waals surface area contributed by atoms with Crippen molar-refractivity contribution in [3.63, 3.8) is 0 Å². The second-order valence-electron chi connectivity index (χ2n) is 6.61. The number of nitrogens with zero attached hydrogens (tertiary/aromatic N) is 1. The Morgan fingerprint density at radius 3 is 2.24 bits per heavy atom. The zero-order chi connectivity index (χ0) is 21.3. The number of ether oxygens (including phenoxy) is 2. The molecule has 8 heteroatoms. The molecule has 2 aromatic carbocycles. The number of unbranched alkanes of at least 4 members (excludes halogenated alkanes) is 1. The van der Waals surface area contributed by atoms with Crippen LogP contribution in [0.1, 0.15) is 25.3 Å². The molecule has 158 valence electrons. The van der Waals surface area contributed by atoms with Gasteiger partial charge < -0.3 is 14.4 Å². The monoisotopic (exact) mass is 420 g/mol. The number of methoxy groups -OCH3 is 1. The second-order valence-corrected chi connectivity index (χ2v) is 8.38. The van der Waals surface area contributed by atoms with Crippen LogP contribution in [0, 0.1) is 0 Å². The first-order valence-corrected chi connectivity index (χ1v) is 10.9. The third-order valence-electron chi connectivity index (χ3n) is 4.32. The van der Waals surface area contributed by atoms with Gasteiger partial charge in [-0.15, -0.1) is 0 Å². The predicted octanol–water partition coefficient (Wildman–Crippen LogP) is 2.81. The molecule has 0 unspecified atom stereocenters. The van der Waals surface area contributed by atoms with E-state index in [1.165, 1.54) is 12.1 Å². The summed E-state index contributed by atoms with van der Waals surface area (Å²) >= 11 is 0. The molecule has 0 atom stereocenters. The van der Waals surface area contributed by atoms with Gasteiger partial charge in [-0.05, 0) is 48.4 Å². The van der Waals surface area contributed by atoms with E-state index in [-0.39, 0.29) is 17.4 Å². The Balaban J connectivity index is 1.86. The third kappa shape index (κ3) is 7.07. The van der Waals surface area contributed by atoms with Crippen molar-refractivity contribution in [3.8, 4) is 11.5 Å². The summed E-state index contributed by atoms with van der Waals surface area (Å²) in [7, 11) is -0.217. The van der Waals surface area contributed by atoms with Gasteiger partial charge >= 0.3 is 0 Å². The Morgan fingerprint density at radius 2 is 1.66 bits per heavy atom. The van der Waals surface area contributed by atoms with Crippen LogP contribution >= 0.6 is 0 Å². The molecule has 0 saturated carbocycles. The summed E-state index contributed by atoms with van der Waals surface area (Å²) < 4.78 is 37.5. The van der Waals surface area contributed by atoms with Gasteiger partial charge in [0.05, 0.1) is 12.0 Å². The Kier molecular flexibility index (Phi) is 8.48. The highest BCUT2D eigenvalue weighted by Gasteiger charge is 2.14. The average Bonchev–Trinajstić information content (AvgIpc) is 2.73. The summed E-state index contributed by atoms with van der Waals surface area (Å²) in [6.07, 6.45) is 1.70. The number of benzene rings is 2. The normalized spacial score (nSPS) is 11.1. The van der Waals surface area contributed by atoms with Gasteiger partial charge in [-0.2, -0.15) is 0 Å². The minimum atomic E-state index is -3.52. The minimum absolute atomic E-state index is 0.131. The Morgan fingerprint density at radius 1 is 1.03 bits per heavy atom. The SMILES string of the molecule is CCCCNS(=O)(=O)c1ccc(OCC(=O)N(C)Cc2ccc(OC)cc2)cc1. The molecule has 0 aliphatic rings. The van der Waals surface area contributed by atoms with Crippen molar-refractivity contribution in [1.29, 1.82) is 0 Å². The van der Waals surface area contributed by atoms with Crippen LogP contribution in [0.3, 0.4) is 0 Å². The van der Waals surface area contributed by atoms with Gasteiger partial charge in [0.2, 0.25) is 10.0 Å². The van der Waals surface area contributed by atoms with Crippen molar-refractivity contribution >= 4 is 15.9 Å². The van der Waals surface area contributed by atoms with Crippen LogP contribution in [-0.4, -0.2) is 46.5 Å². The molecule has 1 N–H and O–H groups in total. The smallest absolute Gasteiger partial charge is 0.260 e. The van der Waals surface area contributed by atoms with Crippen LogP contribution in [-0.2, 0) is 21.4 Å². The molecule has 2 rings (SSSR count). The second kappa shape index (κ2) is 10.8. The van der Waals surface area contributed by atoms with Crippen molar-refractivity contribution < 1.29 is 22.7 Å². The van der Waals surface area contributed by atoms with Crippen LogP contribution < -0.4 is 14.2 Å². The van der Waals surface area contributed by atoms with Gasteiger partial charge in [-0.1, -0.05) is 25.5 Å². The van der Waals surface area contributed by atoms with Gasteiger partial charge in [0.15, 0.2) is 6.61 Å². The van der Waals surface area contributed by atoms with E-state index >= 15 is 0 Å². The molecule has 0 fully saturated rings. The molecule has 2 aromatic rings. The molecule has 0 radical (unpaired) electrons. The molecule has 29 heavy (non-hydrogen) atoms. The molecule has 0 aliphatic carbocycles. The van der Waals surface area contributed by atoms with Crippen molar-refractivity contribution in [1.82, 2.24) is 9.62 Å². The zero-order valence-corrected chi connectivity index (χ0v) is 17.9. The fourth-order valence-corrected chi connectivity index (χ4v) is 3.60. The maximum absolute atomic E-state index is 12.3. The number of hydrogen-bond donors (Lipinski definition) is 1. The number of carbonyl (C=O) groups excluding carboxylic acids is 1. The summed E-state index contributed by atoms with van der Waals surface area (Å²) in [5, 5.41) is 0. The van der Waals surface area contributed by atoms with E-state index in [0.717, 1.165) is 24.2 Å². The fraction of sp³-hybridized carbons (Fsp3) is 0.381. The lowest BCUT2D eigenvalue weighted by atomic mass is 10.2. The summed E-state index contributed by atoms with van der Waals surface area (Å²) in [5.74, 6) is 1.01. The first kappa shape index (κ1) is 22.7. The highest BCUT2D eigenvalue weighted by atomic mass is 32.2. The van der Waals surface area contributed by atoms with Crippen LogP contribution in [0.4, 0.5) is 0 Å². The molecule has 0 aliphatic heterocycles. The van der Waals surface area contributed by atoms with Gasteiger partial charge in [-0.25, -0.2) is 13.1 Å². The number of sulfonamides is 1. The molecule has 7 nitrogen and oxygen atoms in total. The van der Waals surface area contributed by atoms with E-state index in [0.29, 0.717) is 18.8 Å². The van der Waals surface area contributed by atoms with E-state index in [9.17, 15) is 13.2 Å². The number of nitrogens with one attached hydrogen (secondary N) is 1. The summed E-state index contributed by atoms with van der Waals surface area (Å²) in [5.41, 5.74) is 0.979. The largest absolute Gasteiger partial charge is 0.497 e. The van der Waals surface area contributed by atoms with E-state index in [1.54, 1.807) is 31.2 Å². The molecule has 0 saturated heterocycles. The quantitative estimate of drug-likeness (QED) is 0.565. The Bertz CT molecular complexity index is 880. The van der Waals surface area contributed by atoms with E-state index in [4.69, 9.17) is 9.47 Å². The standard InChI is InChI=1S/C21H28N2O5S/c1-4-5-14-22-29(25,26)20-12-10-19(11-13-20)28-16-21(24)23(2)15-17-6-8-18(27-3)9-7-17/h6-13,22H,4-5,14-16H2,1-3H3. The highest BCUT2D eigenvalue weighted by molar-refractivity contribution is 7.89. The van der Waals surface area contributed by atoms with Gasteiger partial charge in [-0.3, -0.25) is 4.79 Å². The van der Waals surface area contributed by atoms with Crippen molar-refractivity contribution in [2.24, 2.45) is 0 Å². The summed E-state index contributed by atoms with van der Waals surface area (Å²) in [4.78, 5) is 14.0. The Labute approximate surface area is 172 Å². The van der Waals surface area contributed by atoms with Crippen LogP contribution in [0.2, 0.25) is 0 Å². The molecular weight excluding hydrogens is 392 g/mol. The molecule has 0 heterocycles. The Hall–Kier alpha value is -2.58. The van der Waals surface area contributed by atoms with Gasteiger partial charge in [0.25, 0.3) is 5.91 Å². The van der Waals surface area contributed by atoms with Crippen LogP contribution in [0.25, 0.3) is 0 Å². The van der Waals surface area contributed by atoms with Crippen LogP contribution in [0.15, 0.2) is 53.4 Å². The summed E-state index contributed by atoms with van der Waals surface area (Å²) in [6, 6.07) is 13.5.